The predicted octanol–water partition coefficient (Wildman–Crippen LogP) is 2.52. The Bertz CT molecular complexity index is 1050. The molecule has 0 radical (unpaired) electrons. The molecule has 3 rings (SSSR count). The molecule has 2 heterocycles. The monoisotopic (exact) mass is 464 g/mol. The number of aryl methyl sites for hydroxylation is 1. The Morgan fingerprint density at radius 3 is 2.65 bits per heavy atom. The van der Waals surface area contributed by atoms with Crippen molar-refractivity contribution in [2.45, 2.75) is 32.1 Å². The molecule has 0 bridgehead atoms. The number of amidine groups is 1. The number of rotatable bonds is 10. The van der Waals surface area contributed by atoms with Crippen LogP contribution in [0.15, 0.2) is 47.7 Å². The van der Waals surface area contributed by atoms with E-state index in [2.05, 4.69) is 29.6 Å². The maximum Gasteiger partial charge on any atom is 0.246 e. The summed E-state index contributed by atoms with van der Waals surface area (Å²) in [6.07, 6.45) is 9.22. The first-order valence-electron chi connectivity index (χ1n) is 11.8. The first-order valence-corrected chi connectivity index (χ1v) is 11.8. The van der Waals surface area contributed by atoms with Crippen LogP contribution in [0.1, 0.15) is 52.9 Å². The summed E-state index contributed by atoms with van der Waals surface area (Å²) in [5, 5.41) is 4.15. The summed E-state index contributed by atoms with van der Waals surface area (Å²) in [6, 6.07) is 8.29. The van der Waals surface area contributed by atoms with Gasteiger partial charge in [0.2, 0.25) is 5.91 Å². The zero-order valence-electron chi connectivity index (χ0n) is 20.6. The normalized spacial score (nSPS) is 16.6. The van der Waals surface area contributed by atoms with E-state index in [1.54, 1.807) is 13.1 Å². The predicted molar refractivity (Wildman–Crippen MR) is 137 cm³/mol. The summed E-state index contributed by atoms with van der Waals surface area (Å²) < 4.78 is 1.94. The number of hydrazone groups is 1. The Morgan fingerprint density at radius 2 is 2.03 bits per heavy atom. The molecule has 34 heavy (non-hydrogen) atoms. The van der Waals surface area contributed by atoms with Crippen molar-refractivity contribution in [2.75, 3.05) is 40.8 Å². The van der Waals surface area contributed by atoms with E-state index >= 15 is 0 Å². The second kappa shape index (κ2) is 11.7. The zero-order chi connectivity index (χ0) is 24.7. The number of aldehydes is 1. The largest absolute Gasteiger partial charge is 0.381 e. The number of likely N-dealkylation sites (N-methyl/N-ethyl adjacent to an activating group) is 1. The Morgan fingerprint density at radius 1 is 1.29 bits per heavy atom. The van der Waals surface area contributed by atoms with E-state index in [0.717, 1.165) is 36.8 Å². The molecule has 1 aromatic carbocycles. The molecule has 1 saturated heterocycles. The van der Waals surface area contributed by atoms with Crippen LogP contribution >= 0.6 is 0 Å². The van der Waals surface area contributed by atoms with Gasteiger partial charge >= 0.3 is 0 Å². The minimum atomic E-state index is -0.000526. The van der Waals surface area contributed by atoms with Gasteiger partial charge in [0.25, 0.3) is 0 Å². The third kappa shape index (κ3) is 5.75. The second-order valence-corrected chi connectivity index (χ2v) is 8.91. The van der Waals surface area contributed by atoms with Crippen LogP contribution in [0.5, 0.6) is 0 Å². The average Bonchev–Trinajstić information content (AvgIpc) is 3.44. The highest BCUT2D eigenvalue weighted by Crippen LogP contribution is 2.33. The van der Waals surface area contributed by atoms with Crippen molar-refractivity contribution in [3.05, 3.63) is 65.0 Å². The van der Waals surface area contributed by atoms with Crippen LogP contribution in [0.3, 0.4) is 0 Å². The number of amides is 1. The van der Waals surface area contributed by atoms with Gasteiger partial charge in [0, 0.05) is 56.1 Å². The van der Waals surface area contributed by atoms with E-state index in [-0.39, 0.29) is 17.7 Å². The van der Waals surface area contributed by atoms with Gasteiger partial charge in [-0.05, 0) is 50.2 Å². The molecule has 1 fully saturated rings. The molecular formula is C26H36N6O2. The molecule has 8 nitrogen and oxygen atoms in total. The van der Waals surface area contributed by atoms with Crippen molar-refractivity contribution in [1.82, 2.24) is 19.8 Å². The van der Waals surface area contributed by atoms with Crippen molar-refractivity contribution in [3.8, 4) is 5.69 Å². The lowest BCUT2D eigenvalue weighted by Gasteiger charge is -2.14. The maximum absolute atomic E-state index is 12.6. The van der Waals surface area contributed by atoms with E-state index in [1.165, 1.54) is 5.56 Å². The lowest BCUT2D eigenvalue weighted by molar-refractivity contribution is -0.125. The lowest BCUT2D eigenvalue weighted by Crippen LogP contribution is -2.27. The first kappa shape index (κ1) is 25.2. The maximum atomic E-state index is 12.6. The van der Waals surface area contributed by atoms with Crippen LogP contribution in [-0.4, -0.2) is 73.2 Å². The molecule has 1 atom stereocenters. The molecular weight excluding hydrogens is 428 g/mol. The second-order valence-electron chi connectivity index (χ2n) is 8.91. The van der Waals surface area contributed by atoms with E-state index < -0.39 is 0 Å². The third-order valence-electron chi connectivity index (χ3n) is 6.09. The number of hydrogen-bond donors (Lipinski definition) is 2. The van der Waals surface area contributed by atoms with Gasteiger partial charge in [-0.15, -0.1) is 0 Å². The van der Waals surface area contributed by atoms with Gasteiger partial charge in [0.1, 0.15) is 5.69 Å². The van der Waals surface area contributed by atoms with Gasteiger partial charge in [-0.1, -0.05) is 31.6 Å². The average molecular weight is 465 g/mol. The number of carbonyl (C=O) groups is 2. The highest BCUT2D eigenvalue weighted by Gasteiger charge is 2.31. The lowest BCUT2D eigenvalue weighted by atomic mass is 9.96. The van der Waals surface area contributed by atoms with Gasteiger partial charge in [0.15, 0.2) is 12.1 Å². The van der Waals surface area contributed by atoms with Gasteiger partial charge in [-0.25, -0.2) is 0 Å². The van der Waals surface area contributed by atoms with Gasteiger partial charge < -0.3 is 25.5 Å². The quantitative estimate of drug-likeness (QED) is 0.185. The van der Waals surface area contributed by atoms with Crippen LogP contribution < -0.4 is 11.2 Å². The first-order chi connectivity index (χ1) is 16.4. The number of carbonyl (C=O) groups excluding carboxylic acids is 2. The van der Waals surface area contributed by atoms with Crippen LogP contribution in [0, 0.1) is 0 Å². The summed E-state index contributed by atoms with van der Waals surface area (Å²) in [4.78, 5) is 28.7. The molecule has 2 aromatic rings. The molecule has 182 valence electrons. The molecule has 0 spiro atoms. The zero-order valence-corrected chi connectivity index (χ0v) is 20.6. The highest BCUT2D eigenvalue weighted by atomic mass is 16.2. The molecule has 1 amide bonds. The fourth-order valence-corrected chi connectivity index (χ4v) is 4.42. The number of nitrogens with zero attached hydrogens (tertiary/aromatic N) is 4. The van der Waals surface area contributed by atoms with Gasteiger partial charge in [0.05, 0.1) is 0 Å². The molecule has 0 saturated carbocycles. The van der Waals surface area contributed by atoms with Crippen LogP contribution in [0.2, 0.25) is 0 Å². The minimum Gasteiger partial charge on any atom is -0.381 e. The summed E-state index contributed by atoms with van der Waals surface area (Å²) in [5.41, 5.74) is 13.2. The van der Waals surface area contributed by atoms with E-state index in [4.69, 9.17) is 5.73 Å². The van der Waals surface area contributed by atoms with Crippen LogP contribution in [0.4, 0.5) is 0 Å². The minimum absolute atomic E-state index is 0.000526. The fourth-order valence-electron chi connectivity index (χ4n) is 4.42. The smallest absolute Gasteiger partial charge is 0.246 e. The summed E-state index contributed by atoms with van der Waals surface area (Å²) in [7, 11) is 5.60. The number of likely N-dealkylation sites (tertiary alicyclic amines) is 1. The van der Waals surface area contributed by atoms with Crippen molar-refractivity contribution in [3.63, 3.8) is 0 Å². The molecule has 3 N–H and O–H groups in total. The van der Waals surface area contributed by atoms with Crippen LogP contribution in [0.25, 0.3) is 5.69 Å². The van der Waals surface area contributed by atoms with Gasteiger partial charge in [-0.2, -0.15) is 5.10 Å². The Balaban J connectivity index is 1.95. The Hall–Kier alpha value is -3.39. The Kier molecular flexibility index (Phi) is 8.65. The van der Waals surface area contributed by atoms with Crippen molar-refractivity contribution >= 4 is 18.0 Å². The number of hydrogen-bond acceptors (Lipinski definition) is 5. The third-order valence-corrected chi connectivity index (χ3v) is 6.09. The standard InChI is InChI=1S/C26H36N6O2/c1-5-7-19-9-11-21(12-10-19)32-17-22(23(18-33)25(32)26(27)29-28-2)20-13-15-31(16-20)24(34)8-6-14-30(3)4/h6,8-12,17-18,20,28H,5,7,13-16H2,1-4H3,(H2,27,29)/b8-6+. The van der Waals surface area contributed by atoms with E-state index in [1.807, 2.05) is 52.9 Å². The number of nitrogens with two attached hydrogens (primary N) is 1. The summed E-state index contributed by atoms with van der Waals surface area (Å²) in [6.45, 7) is 4.09. The number of nitrogens with one attached hydrogen (secondary N) is 1. The van der Waals surface area contributed by atoms with Crippen molar-refractivity contribution < 1.29 is 9.59 Å². The molecule has 8 heteroatoms. The molecule has 1 aromatic heterocycles. The van der Waals surface area contributed by atoms with Crippen LogP contribution in [-0.2, 0) is 11.2 Å². The number of benzene rings is 1. The summed E-state index contributed by atoms with van der Waals surface area (Å²) in [5.74, 6) is 0.290. The fraction of sp³-hybridized carbons (Fsp3) is 0.423. The highest BCUT2D eigenvalue weighted by molar-refractivity contribution is 6.04. The molecule has 0 aliphatic carbocycles. The summed E-state index contributed by atoms with van der Waals surface area (Å²) >= 11 is 0. The van der Waals surface area contributed by atoms with Gasteiger partial charge in [-0.3, -0.25) is 9.59 Å². The van der Waals surface area contributed by atoms with E-state index in [0.29, 0.717) is 30.9 Å². The topological polar surface area (TPSA) is 96.0 Å². The molecule has 1 aliphatic rings. The van der Waals surface area contributed by atoms with E-state index in [9.17, 15) is 9.59 Å². The SMILES string of the molecule is CCCc1ccc(-n2cc(C3CCN(C(=O)/C=C/CN(C)C)C3)c(C=O)c2/C(N)=N\NC)cc1. The molecule has 1 unspecified atom stereocenters. The number of aromatic nitrogens is 1. The van der Waals surface area contributed by atoms with Crippen molar-refractivity contribution in [2.24, 2.45) is 10.8 Å². The molecule has 1 aliphatic heterocycles. The van der Waals surface area contributed by atoms with Crippen molar-refractivity contribution in [1.29, 1.82) is 0 Å². The Labute approximate surface area is 202 Å².